The zero-order valence-corrected chi connectivity index (χ0v) is 18.9. The summed E-state index contributed by atoms with van der Waals surface area (Å²) in [6.45, 7) is 5.60. The molecule has 7 heteroatoms. The number of rotatable bonds is 5. The van der Waals surface area contributed by atoms with Gasteiger partial charge in [0, 0.05) is 24.1 Å². The Morgan fingerprint density at radius 2 is 1.84 bits per heavy atom. The first-order chi connectivity index (χ1) is 15.3. The predicted octanol–water partition coefficient (Wildman–Crippen LogP) is 3.97. The van der Waals surface area contributed by atoms with Crippen LogP contribution in [0.1, 0.15) is 43.4 Å². The third-order valence-electron chi connectivity index (χ3n) is 5.65. The summed E-state index contributed by atoms with van der Waals surface area (Å²) in [5.41, 5.74) is 3.16. The van der Waals surface area contributed by atoms with Crippen molar-refractivity contribution in [2.45, 2.75) is 39.2 Å². The van der Waals surface area contributed by atoms with Gasteiger partial charge in [-0.25, -0.2) is 0 Å². The molecule has 0 aromatic heterocycles. The number of hydrogen-bond acceptors (Lipinski definition) is 6. The summed E-state index contributed by atoms with van der Waals surface area (Å²) in [5.74, 6) is 1.98. The number of ketones is 1. The number of carbonyl (C=O) groups is 1. The van der Waals surface area contributed by atoms with E-state index in [0.29, 0.717) is 46.3 Å². The highest BCUT2D eigenvalue weighted by molar-refractivity contribution is 6.06. The molecular weight excluding hydrogens is 412 g/mol. The summed E-state index contributed by atoms with van der Waals surface area (Å²) in [4.78, 5) is 23.0. The molecule has 2 aromatic carbocycles. The van der Waals surface area contributed by atoms with Crippen molar-refractivity contribution in [3.05, 3.63) is 52.6 Å². The van der Waals surface area contributed by atoms with Gasteiger partial charge in [-0.1, -0.05) is 11.6 Å². The molecule has 0 bridgehead atoms. The van der Waals surface area contributed by atoms with Crippen molar-refractivity contribution in [2.24, 2.45) is 0 Å². The Hall–Kier alpha value is -3.48. The van der Waals surface area contributed by atoms with Crippen LogP contribution in [-0.2, 0) is 11.2 Å². The lowest BCUT2D eigenvalue weighted by molar-refractivity contribution is -0.131. The lowest BCUT2D eigenvalue weighted by Gasteiger charge is -2.35. The summed E-state index contributed by atoms with van der Waals surface area (Å²) in [6.07, 6.45) is 2.08. The molecule has 0 fully saturated rings. The van der Waals surface area contributed by atoms with Crippen molar-refractivity contribution >= 4 is 11.8 Å². The molecule has 32 heavy (non-hydrogen) atoms. The Balaban J connectivity index is 1.82. The number of allylic oxidation sites excluding steroid dienone is 2. The van der Waals surface area contributed by atoms with E-state index in [1.54, 1.807) is 32.4 Å². The van der Waals surface area contributed by atoms with Crippen molar-refractivity contribution in [2.75, 3.05) is 20.8 Å². The Labute approximate surface area is 186 Å². The van der Waals surface area contributed by atoms with Crippen molar-refractivity contribution < 1.29 is 33.3 Å². The van der Waals surface area contributed by atoms with Crippen molar-refractivity contribution in [3.8, 4) is 28.7 Å². The minimum absolute atomic E-state index is 0.181. The highest BCUT2D eigenvalue weighted by atomic mass is 16.5. The first-order valence-corrected chi connectivity index (χ1v) is 10.4. The second-order valence-corrected chi connectivity index (χ2v) is 8.07. The van der Waals surface area contributed by atoms with Gasteiger partial charge in [0.1, 0.15) is 35.3 Å². The van der Waals surface area contributed by atoms with Crippen LogP contribution < -0.4 is 23.7 Å². The van der Waals surface area contributed by atoms with Gasteiger partial charge in [0.2, 0.25) is 0 Å². The number of hydrogen-bond donors (Lipinski definition) is 0. The van der Waals surface area contributed by atoms with E-state index in [-0.39, 0.29) is 12.4 Å². The maximum absolute atomic E-state index is 11.6. The summed E-state index contributed by atoms with van der Waals surface area (Å²) < 4.78 is 28.6. The van der Waals surface area contributed by atoms with Gasteiger partial charge < -0.3 is 23.7 Å². The molecule has 0 saturated carbocycles. The Bertz CT molecular complexity index is 1110. The number of benzene rings is 2. The molecule has 0 saturated heterocycles. The summed E-state index contributed by atoms with van der Waals surface area (Å²) >= 11 is 0. The number of methoxy groups -OCH3 is 2. The highest BCUT2D eigenvalue weighted by Crippen LogP contribution is 2.48. The van der Waals surface area contributed by atoms with Gasteiger partial charge in [-0.05, 0) is 38.5 Å². The van der Waals surface area contributed by atoms with E-state index in [2.05, 4.69) is 0 Å². The average Bonchev–Trinajstić information content (AvgIpc) is 2.76. The smallest absolute Gasteiger partial charge is 0.338 e. The van der Waals surface area contributed by atoms with Crippen LogP contribution in [0.25, 0.3) is 0 Å². The van der Waals surface area contributed by atoms with Crippen LogP contribution in [-0.4, -0.2) is 43.5 Å². The molecular formula is C25H27O7+. The standard InChI is InChI=1S/C25H26O7/c1-13(2)6-7-15-18(31-14(3)26)9-8-16-24(27)23-17-10-20(28-4)21(29-5)11-19(17)30-12-22(23)32-25(15)16/h6,8-11,22-23H,7,12H2,1-5H3/p+1/t22-,23+/m1/s1. The molecule has 168 valence electrons. The van der Waals surface area contributed by atoms with Gasteiger partial charge >= 0.3 is 11.8 Å². The number of carbonyl (C=O) groups excluding carboxylic acids is 2. The summed E-state index contributed by atoms with van der Waals surface area (Å²) in [6, 6.07) is 6.99. The topological polar surface area (TPSA) is 84.6 Å². The van der Waals surface area contributed by atoms with Gasteiger partial charge in [-0.2, -0.15) is 0 Å². The average molecular weight is 439 g/mol. The van der Waals surface area contributed by atoms with Crippen LogP contribution in [0.2, 0.25) is 0 Å². The number of ether oxygens (including phenoxy) is 5. The molecule has 2 aromatic rings. The van der Waals surface area contributed by atoms with E-state index in [0.717, 1.165) is 11.1 Å². The Morgan fingerprint density at radius 3 is 2.50 bits per heavy atom. The Morgan fingerprint density at radius 1 is 1.12 bits per heavy atom. The van der Waals surface area contributed by atoms with Gasteiger partial charge in [0.05, 0.1) is 14.2 Å². The third-order valence-corrected chi connectivity index (χ3v) is 5.65. The first-order valence-electron chi connectivity index (χ1n) is 10.4. The van der Waals surface area contributed by atoms with Crippen LogP contribution in [0.15, 0.2) is 35.9 Å². The normalized spacial score (nSPS) is 18.2. The quantitative estimate of drug-likeness (QED) is 0.303. The molecule has 2 aliphatic heterocycles. The lowest BCUT2D eigenvalue weighted by Crippen LogP contribution is -2.43. The summed E-state index contributed by atoms with van der Waals surface area (Å²) in [7, 11) is 3.13. The first kappa shape index (κ1) is 21.7. The lowest BCUT2D eigenvalue weighted by atomic mass is 9.81. The van der Waals surface area contributed by atoms with Crippen LogP contribution >= 0.6 is 0 Å². The zero-order chi connectivity index (χ0) is 23.0. The van der Waals surface area contributed by atoms with Crippen LogP contribution in [0, 0.1) is 0 Å². The zero-order valence-electron chi connectivity index (χ0n) is 18.9. The largest absolute Gasteiger partial charge is 0.493 e. The SMILES string of the molecule is COc1cc2c(cc1OC)[C@@H]1C(=[OH+])c3ccc(OC(C)=O)c(CC=C(C)C)c3O[C@@H]1CO2. The molecule has 0 aliphatic carbocycles. The molecule has 1 N–H and O–H groups in total. The molecule has 7 nitrogen and oxygen atoms in total. The molecule has 2 aliphatic rings. The van der Waals surface area contributed by atoms with Gasteiger partial charge in [-0.3, -0.25) is 9.59 Å². The molecule has 4 rings (SSSR count). The predicted molar refractivity (Wildman–Crippen MR) is 119 cm³/mol. The second kappa shape index (κ2) is 8.57. The number of esters is 1. The molecule has 0 amide bonds. The molecule has 2 atom stereocenters. The fraction of sp³-hybridized carbons (Fsp3) is 0.360. The van der Waals surface area contributed by atoms with E-state index in [1.165, 1.54) is 6.92 Å². The Kier molecular flexibility index (Phi) is 5.82. The van der Waals surface area contributed by atoms with Crippen molar-refractivity contribution in [1.82, 2.24) is 0 Å². The molecule has 0 radical (unpaired) electrons. The molecule has 0 spiro atoms. The molecule has 2 heterocycles. The minimum atomic E-state index is -0.453. The minimum Gasteiger partial charge on any atom is -0.493 e. The van der Waals surface area contributed by atoms with E-state index in [9.17, 15) is 9.59 Å². The monoisotopic (exact) mass is 439 g/mol. The maximum Gasteiger partial charge on any atom is 0.338 e. The fourth-order valence-electron chi connectivity index (χ4n) is 4.15. The molecule has 0 unspecified atom stereocenters. The summed E-state index contributed by atoms with van der Waals surface area (Å²) in [5, 5.41) is 0. The van der Waals surface area contributed by atoms with Gasteiger partial charge in [-0.15, -0.1) is 0 Å². The van der Waals surface area contributed by atoms with E-state index in [1.807, 2.05) is 26.0 Å². The van der Waals surface area contributed by atoms with Crippen molar-refractivity contribution in [1.29, 1.82) is 0 Å². The van der Waals surface area contributed by atoms with Crippen LogP contribution in [0.5, 0.6) is 28.7 Å². The fourth-order valence-corrected chi connectivity index (χ4v) is 4.15. The third kappa shape index (κ3) is 3.79. The van der Waals surface area contributed by atoms with Crippen molar-refractivity contribution in [3.63, 3.8) is 0 Å². The van der Waals surface area contributed by atoms with Crippen LogP contribution in [0.4, 0.5) is 0 Å². The second-order valence-electron chi connectivity index (χ2n) is 8.07. The highest BCUT2D eigenvalue weighted by Gasteiger charge is 2.48. The van der Waals surface area contributed by atoms with E-state index >= 15 is 0 Å². The van der Waals surface area contributed by atoms with E-state index < -0.39 is 18.0 Å². The van der Waals surface area contributed by atoms with Gasteiger partial charge in [0.25, 0.3) is 0 Å². The van der Waals surface area contributed by atoms with E-state index in [4.69, 9.17) is 23.7 Å². The van der Waals surface area contributed by atoms with Crippen LogP contribution in [0.3, 0.4) is 0 Å². The maximum atomic E-state index is 11.6. The van der Waals surface area contributed by atoms with Gasteiger partial charge in [0.15, 0.2) is 17.6 Å². The number of fused-ring (bicyclic) bond motifs is 4.